The lowest BCUT2D eigenvalue weighted by molar-refractivity contribution is 0.0978. The van der Waals surface area contributed by atoms with Crippen LogP contribution >= 0.6 is 11.6 Å². The third-order valence-electron chi connectivity index (χ3n) is 5.17. The molecule has 9 heteroatoms. The molecule has 1 aromatic heterocycles. The van der Waals surface area contributed by atoms with Crippen molar-refractivity contribution in [2.45, 2.75) is 32.0 Å². The van der Waals surface area contributed by atoms with Crippen molar-refractivity contribution in [2.24, 2.45) is 0 Å². The maximum atomic E-state index is 12.6. The van der Waals surface area contributed by atoms with E-state index in [1.165, 1.54) is 9.87 Å². The molecule has 0 radical (unpaired) electrons. The quantitative estimate of drug-likeness (QED) is 0.709. The van der Waals surface area contributed by atoms with Crippen LogP contribution in [0.2, 0.25) is 5.02 Å². The Kier molecular flexibility index (Phi) is 6.46. The van der Waals surface area contributed by atoms with Gasteiger partial charge in [-0.3, -0.25) is 14.5 Å². The van der Waals surface area contributed by atoms with Gasteiger partial charge in [0, 0.05) is 51.8 Å². The number of benzene rings is 1. The van der Waals surface area contributed by atoms with Gasteiger partial charge in [-0.25, -0.2) is 12.7 Å². The van der Waals surface area contributed by atoms with E-state index in [9.17, 15) is 8.42 Å². The molecule has 1 aliphatic rings. The minimum absolute atomic E-state index is 0.318. The Morgan fingerprint density at radius 2 is 1.61 bits per heavy atom. The normalized spacial score (nSPS) is 16.8. The monoisotopic (exact) mass is 425 g/mol. The van der Waals surface area contributed by atoms with Gasteiger partial charge in [-0.2, -0.15) is 5.10 Å². The minimum Gasteiger partial charge on any atom is -0.297 e. The molecule has 1 saturated heterocycles. The summed E-state index contributed by atoms with van der Waals surface area (Å²) in [4.78, 5) is 5.05. The molecule has 1 aromatic carbocycles. The molecule has 7 nitrogen and oxygen atoms in total. The zero-order valence-corrected chi connectivity index (χ0v) is 18.5. The van der Waals surface area contributed by atoms with Crippen molar-refractivity contribution in [1.29, 1.82) is 0 Å². The Morgan fingerprint density at radius 3 is 2.18 bits per heavy atom. The van der Waals surface area contributed by atoms with Gasteiger partial charge < -0.3 is 0 Å². The van der Waals surface area contributed by atoms with E-state index in [0.717, 1.165) is 37.7 Å². The second-order valence-corrected chi connectivity index (χ2v) is 9.97. The number of aromatic nitrogens is 2. The van der Waals surface area contributed by atoms with Gasteiger partial charge in [0.15, 0.2) is 0 Å². The summed E-state index contributed by atoms with van der Waals surface area (Å²) in [6, 6.07) is 7.99. The van der Waals surface area contributed by atoms with E-state index in [2.05, 4.69) is 27.0 Å². The van der Waals surface area contributed by atoms with Crippen molar-refractivity contribution < 1.29 is 8.42 Å². The summed E-state index contributed by atoms with van der Waals surface area (Å²) < 4.78 is 28.2. The first kappa shape index (κ1) is 21.3. The fourth-order valence-corrected chi connectivity index (χ4v) is 4.88. The van der Waals surface area contributed by atoms with E-state index < -0.39 is 10.0 Å². The van der Waals surface area contributed by atoms with Crippen LogP contribution in [-0.2, 0) is 23.2 Å². The molecule has 28 heavy (non-hydrogen) atoms. The molecule has 1 aliphatic heterocycles. The summed E-state index contributed by atoms with van der Waals surface area (Å²) in [6.07, 6.45) is 0. The molecule has 3 rings (SSSR count). The fraction of sp³-hybridized carbons (Fsp3) is 0.526. The van der Waals surface area contributed by atoms with Crippen molar-refractivity contribution in [3.05, 3.63) is 46.2 Å². The van der Waals surface area contributed by atoms with E-state index in [4.69, 9.17) is 11.6 Å². The average molecular weight is 426 g/mol. The predicted octanol–water partition coefficient (Wildman–Crippen LogP) is 2.18. The number of halogens is 1. The van der Waals surface area contributed by atoms with Gasteiger partial charge >= 0.3 is 0 Å². The van der Waals surface area contributed by atoms with Crippen LogP contribution in [0.1, 0.15) is 17.0 Å². The van der Waals surface area contributed by atoms with Crippen molar-refractivity contribution in [1.82, 2.24) is 23.9 Å². The van der Waals surface area contributed by atoms with Crippen LogP contribution in [0.25, 0.3) is 0 Å². The average Bonchev–Trinajstić information content (AvgIpc) is 2.92. The van der Waals surface area contributed by atoms with Crippen LogP contribution in [0.3, 0.4) is 0 Å². The van der Waals surface area contributed by atoms with Gasteiger partial charge in [0.05, 0.1) is 18.1 Å². The van der Waals surface area contributed by atoms with E-state index in [1.54, 1.807) is 25.7 Å². The molecule has 0 bridgehead atoms. The summed E-state index contributed by atoms with van der Waals surface area (Å²) in [5, 5.41) is 5.25. The number of piperazine rings is 1. The van der Waals surface area contributed by atoms with Crippen molar-refractivity contribution in [3.8, 4) is 0 Å². The number of rotatable bonds is 6. The predicted molar refractivity (Wildman–Crippen MR) is 111 cm³/mol. The van der Waals surface area contributed by atoms with Crippen LogP contribution in [-0.4, -0.2) is 72.6 Å². The highest BCUT2D eigenvalue weighted by Gasteiger charge is 2.27. The number of hydrogen-bond acceptors (Lipinski definition) is 5. The zero-order valence-electron chi connectivity index (χ0n) is 16.9. The highest BCUT2D eigenvalue weighted by atomic mass is 35.5. The smallest absolute Gasteiger partial charge is 0.246 e. The Bertz CT molecular complexity index is 917. The maximum Gasteiger partial charge on any atom is 0.246 e. The number of nitrogens with zero attached hydrogens (tertiary/aromatic N) is 5. The first-order valence-corrected chi connectivity index (χ1v) is 11.2. The standard InChI is InChI=1S/C19H28ClN5O2S/c1-15-19(28(26,27)22(3)4)16(2)25(21-15)14-24-11-9-23(10-12-24)13-17-5-7-18(20)8-6-17/h5-8H,9-14H2,1-4H3. The Labute approximate surface area is 172 Å². The molecule has 0 aliphatic carbocycles. The molecule has 0 N–H and O–H groups in total. The van der Waals surface area contributed by atoms with Crippen molar-refractivity contribution >= 4 is 21.6 Å². The Balaban J connectivity index is 1.61. The fourth-order valence-electron chi connectivity index (χ4n) is 3.50. The molecule has 2 aromatic rings. The summed E-state index contributed by atoms with van der Waals surface area (Å²) in [5.74, 6) is 0. The van der Waals surface area contributed by atoms with E-state index in [-0.39, 0.29) is 0 Å². The van der Waals surface area contributed by atoms with Gasteiger partial charge in [-0.05, 0) is 31.5 Å². The highest BCUT2D eigenvalue weighted by molar-refractivity contribution is 7.89. The number of sulfonamides is 1. The summed E-state index contributed by atoms with van der Waals surface area (Å²) in [6.45, 7) is 8.86. The maximum absolute atomic E-state index is 12.6. The van der Waals surface area contributed by atoms with Crippen molar-refractivity contribution in [3.63, 3.8) is 0 Å². The lowest BCUT2D eigenvalue weighted by atomic mass is 10.2. The van der Waals surface area contributed by atoms with Gasteiger partial charge in [-0.15, -0.1) is 0 Å². The van der Waals surface area contributed by atoms with Crippen LogP contribution in [0.4, 0.5) is 0 Å². The summed E-state index contributed by atoms with van der Waals surface area (Å²) in [5.41, 5.74) is 2.50. The molecule has 1 fully saturated rings. The van der Waals surface area contributed by atoms with Gasteiger partial charge in [-0.1, -0.05) is 23.7 Å². The molecular weight excluding hydrogens is 398 g/mol. The topological polar surface area (TPSA) is 61.7 Å². The first-order chi connectivity index (χ1) is 13.2. The molecule has 0 amide bonds. The van der Waals surface area contributed by atoms with Crippen LogP contribution in [0, 0.1) is 13.8 Å². The lowest BCUT2D eigenvalue weighted by Gasteiger charge is -2.34. The second kappa shape index (κ2) is 8.51. The third-order valence-corrected chi connectivity index (χ3v) is 7.49. The van der Waals surface area contributed by atoms with E-state index >= 15 is 0 Å². The number of aryl methyl sites for hydroxylation is 1. The first-order valence-electron chi connectivity index (χ1n) is 9.34. The molecule has 0 atom stereocenters. The molecular formula is C19H28ClN5O2S. The molecule has 0 saturated carbocycles. The number of hydrogen-bond donors (Lipinski definition) is 0. The SMILES string of the molecule is Cc1nn(CN2CCN(Cc3ccc(Cl)cc3)CC2)c(C)c1S(=O)(=O)N(C)C. The summed E-state index contributed by atoms with van der Waals surface area (Å²) in [7, 11) is -0.397. The van der Waals surface area contributed by atoms with E-state index in [1.807, 2.05) is 19.1 Å². The molecule has 0 unspecified atom stereocenters. The lowest BCUT2D eigenvalue weighted by Crippen LogP contribution is -2.46. The minimum atomic E-state index is -3.49. The summed E-state index contributed by atoms with van der Waals surface area (Å²) >= 11 is 5.95. The van der Waals surface area contributed by atoms with Gasteiger partial charge in [0.2, 0.25) is 10.0 Å². The van der Waals surface area contributed by atoms with E-state index in [0.29, 0.717) is 23.0 Å². The second-order valence-electron chi connectivity index (χ2n) is 7.45. The van der Waals surface area contributed by atoms with Crippen LogP contribution in [0.15, 0.2) is 29.2 Å². The van der Waals surface area contributed by atoms with Crippen LogP contribution < -0.4 is 0 Å². The van der Waals surface area contributed by atoms with Gasteiger partial charge in [0.25, 0.3) is 0 Å². The molecule has 2 heterocycles. The third kappa shape index (κ3) is 4.58. The molecule has 0 spiro atoms. The zero-order chi connectivity index (χ0) is 20.5. The largest absolute Gasteiger partial charge is 0.297 e. The Hall–Kier alpha value is -1.45. The van der Waals surface area contributed by atoms with Crippen LogP contribution in [0.5, 0.6) is 0 Å². The highest BCUT2D eigenvalue weighted by Crippen LogP contribution is 2.22. The van der Waals surface area contributed by atoms with Gasteiger partial charge in [0.1, 0.15) is 4.90 Å². The molecule has 154 valence electrons. The Morgan fingerprint density at radius 1 is 1.04 bits per heavy atom. The van der Waals surface area contributed by atoms with Crippen molar-refractivity contribution in [2.75, 3.05) is 40.3 Å².